The number of para-hydroxylation sites is 1. The van der Waals surface area contributed by atoms with Gasteiger partial charge in [0.05, 0.1) is 10.6 Å². The molecule has 1 unspecified atom stereocenters. The van der Waals surface area contributed by atoms with Gasteiger partial charge in [-0.2, -0.15) is 0 Å². The van der Waals surface area contributed by atoms with Gasteiger partial charge in [0, 0.05) is 24.6 Å². The molecule has 5 rings (SSSR count). The molecule has 2 amide bonds. The monoisotopic (exact) mass is 669 g/mol. The van der Waals surface area contributed by atoms with Crippen LogP contribution in [-0.2, 0) is 39.0 Å². The Morgan fingerprint density at radius 3 is 2.12 bits per heavy atom. The lowest BCUT2D eigenvalue weighted by Crippen LogP contribution is -2.55. The van der Waals surface area contributed by atoms with Gasteiger partial charge in [-0.3, -0.25) is 13.9 Å². The van der Waals surface area contributed by atoms with Crippen LogP contribution < -0.4 is 9.62 Å². The molecule has 0 radical (unpaired) electrons. The van der Waals surface area contributed by atoms with Crippen LogP contribution in [0.4, 0.5) is 10.1 Å². The van der Waals surface area contributed by atoms with Crippen LogP contribution in [-0.4, -0.2) is 43.8 Å². The van der Waals surface area contributed by atoms with Crippen molar-refractivity contribution in [3.8, 4) is 0 Å². The number of carbonyl (C=O) groups is 2. The largest absolute Gasteiger partial charge is 0.352 e. The highest BCUT2D eigenvalue weighted by Gasteiger charge is 2.36. The summed E-state index contributed by atoms with van der Waals surface area (Å²) < 4.78 is 45.0. The van der Waals surface area contributed by atoms with E-state index >= 15 is 4.39 Å². The number of anilines is 1. The van der Waals surface area contributed by atoms with Gasteiger partial charge in [0.2, 0.25) is 11.8 Å². The minimum absolute atomic E-state index is 0.0234. The Labute approximate surface area is 283 Å². The molecule has 1 fully saturated rings. The quantitative estimate of drug-likeness (QED) is 0.167. The molecule has 0 spiro atoms. The van der Waals surface area contributed by atoms with E-state index in [0.29, 0.717) is 12.1 Å². The van der Waals surface area contributed by atoms with Crippen molar-refractivity contribution < 1.29 is 22.4 Å². The van der Waals surface area contributed by atoms with E-state index in [-0.39, 0.29) is 35.4 Å². The number of amides is 2. The molecule has 48 heavy (non-hydrogen) atoms. The first-order chi connectivity index (χ1) is 23.2. The van der Waals surface area contributed by atoms with Crippen molar-refractivity contribution in [1.29, 1.82) is 0 Å². The summed E-state index contributed by atoms with van der Waals surface area (Å²) in [7, 11) is -4.23. The Morgan fingerprint density at radius 2 is 1.46 bits per heavy atom. The van der Waals surface area contributed by atoms with Crippen molar-refractivity contribution in [2.45, 2.75) is 82.3 Å². The number of nitrogens with one attached hydrogen (secondary N) is 1. The van der Waals surface area contributed by atoms with Crippen LogP contribution in [0.2, 0.25) is 0 Å². The second kappa shape index (κ2) is 16.1. The molecule has 0 aliphatic heterocycles. The van der Waals surface area contributed by atoms with Gasteiger partial charge in [-0.05, 0) is 61.6 Å². The number of halogens is 1. The molecular weight excluding hydrogens is 626 g/mol. The smallest absolute Gasteiger partial charge is 0.264 e. The summed E-state index contributed by atoms with van der Waals surface area (Å²) in [5.74, 6) is -1.46. The summed E-state index contributed by atoms with van der Waals surface area (Å²) in [6.07, 6.45) is 5.54. The summed E-state index contributed by atoms with van der Waals surface area (Å²) in [5, 5.41) is 3.18. The number of benzene rings is 4. The first kappa shape index (κ1) is 34.8. The fourth-order valence-electron chi connectivity index (χ4n) is 6.31. The first-order valence-corrected chi connectivity index (χ1v) is 18.2. The van der Waals surface area contributed by atoms with Gasteiger partial charge in [0.25, 0.3) is 10.0 Å². The Bertz CT molecular complexity index is 1790. The lowest BCUT2D eigenvalue weighted by atomic mass is 9.94. The van der Waals surface area contributed by atoms with E-state index in [9.17, 15) is 18.0 Å². The molecule has 4 aromatic carbocycles. The average Bonchev–Trinajstić information content (AvgIpc) is 3.10. The standard InChI is InChI=1S/C39H44FN3O4S/c1-3-31-16-11-13-21-36(31)43(48(46,47)34-24-22-29(2)23-25-34)28-38(44)42(27-32-17-10-12-20-35(32)40)37(26-30-14-6-4-7-15-30)39(45)41-33-18-8-5-9-19-33/h4,6-7,10-17,20-25,33,37H,3,5,8-9,18-19,26-28H2,1-2H3,(H,41,45). The minimum atomic E-state index is -4.23. The van der Waals surface area contributed by atoms with Crippen LogP contribution in [0.25, 0.3) is 0 Å². The fourth-order valence-corrected chi connectivity index (χ4v) is 7.76. The maximum Gasteiger partial charge on any atom is 0.264 e. The maximum absolute atomic E-state index is 15.2. The Hall–Kier alpha value is -4.50. The van der Waals surface area contributed by atoms with Gasteiger partial charge in [-0.1, -0.05) is 111 Å². The molecule has 1 N–H and O–H groups in total. The van der Waals surface area contributed by atoms with Crippen LogP contribution in [0.5, 0.6) is 0 Å². The maximum atomic E-state index is 15.2. The fraction of sp³-hybridized carbons (Fsp3) is 0.333. The zero-order chi connectivity index (χ0) is 34.1. The van der Waals surface area contributed by atoms with Gasteiger partial charge in [-0.25, -0.2) is 12.8 Å². The summed E-state index contributed by atoms with van der Waals surface area (Å²) in [6.45, 7) is 3.00. The van der Waals surface area contributed by atoms with Gasteiger partial charge in [-0.15, -0.1) is 0 Å². The van der Waals surface area contributed by atoms with E-state index in [4.69, 9.17) is 0 Å². The highest BCUT2D eigenvalue weighted by molar-refractivity contribution is 7.92. The molecule has 1 aliphatic rings. The molecule has 7 nitrogen and oxygen atoms in total. The van der Waals surface area contributed by atoms with Crippen molar-refractivity contribution in [2.24, 2.45) is 0 Å². The van der Waals surface area contributed by atoms with Crippen LogP contribution in [0.1, 0.15) is 61.3 Å². The summed E-state index contributed by atoms with van der Waals surface area (Å²) in [5.41, 5.74) is 3.09. The second-order valence-corrected chi connectivity index (χ2v) is 14.3. The molecule has 1 aliphatic carbocycles. The number of hydrogen-bond acceptors (Lipinski definition) is 4. The van der Waals surface area contributed by atoms with Crippen molar-refractivity contribution in [3.05, 3.63) is 131 Å². The van der Waals surface area contributed by atoms with Crippen LogP contribution in [0.15, 0.2) is 108 Å². The Balaban J connectivity index is 1.59. The third kappa shape index (κ3) is 8.50. The average molecular weight is 670 g/mol. The van der Waals surface area contributed by atoms with Gasteiger partial charge >= 0.3 is 0 Å². The van der Waals surface area contributed by atoms with E-state index < -0.39 is 34.3 Å². The number of rotatable bonds is 13. The van der Waals surface area contributed by atoms with Crippen molar-refractivity contribution in [2.75, 3.05) is 10.8 Å². The van der Waals surface area contributed by atoms with E-state index in [0.717, 1.165) is 53.1 Å². The lowest BCUT2D eigenvalue weighted by Gasteiger charge is -2.35. The molecular formula is C39H44FN3O4S. The van der Waals surface area contributed by atoms with Crippen LogP contribution >= 0.6 is 0 Å². The van der Waals surface area contributed by atoms with Gasteiger partial charge in [0.15, 0.2) is 0 Å². The molecule has 1 saturated carbocycles. The summed E-state index contributed by atoms with van der Waals surface area (Å²) in [4.78, 5) is 30.3. The summed E-state index contributed by atoms with van der Waals surface area (Å²) in [6, 6.07) is 28.1. The van der Waals surface area contributed by atoms with Gasteiger partial charge in [0.1, 0.15) is 18.4 Å². The number of sulfonamides is 1. The van der Waals surface area contributed by atoms with Crippen molar-refractivity contribution >= 4 is 27.5 Å². The van der Waals surface area contributed by atoms with E-state index in [1.807, 2.05) is 56.3 Å². The third-order valence-corrected chi connectivity index (χ3v) is 10.8. The summed E-state index contributed by atoms with van der Waals surface area (Å²) >= 11 is 0. The molecule has 1 atom stereocenters. The zero-order valence-electron chi connectivity index (χ0n) is 27.6. The number of carbonyl (C=O) groups excluding carboxylic acids is 2. The topological polar surface area (TPSA) is 86.8 Å². The third-order valence-electron chi connectivity index (χ3n) is 9.05. The van der Waals surface area contributed by atoms with Crippen LogP contribution in [0, 0.1) is 12.7 Å². The van der Waals surface area contributed by atoms with Gasteiger partial charge < -0.3 is 10.2 Å². The highest BCUT2D eigenvalue weighted by Crippen LogP contribution is 2.29. The molecule has 252 valence electrons. The number of nitrogens with zero attached hydrogens (tertiary/aromatic N) is 2. The Kier molecular flexibility index (Phi) is 11.7. The molecule has 0 aromatic heterocycles. The lowest BCUT2D eigenvalue weighted by molar-refractivity contribution is -0.140. The van der Waals surface area contributed by atoms with E-state index in [1.54, 1.807) is 42.5 Å². The zero-order valence-corrected chi connectivity index (χ0v) is 28.5. The van der Waals surface area contributed by atoms with Crippen LogP contribution in [0.3, 0.4) is 0 Å². The molecule has 4 aromatic rings. The van der Waals surface area contributed by atoms with E-state index in [1.165, 1.54) is 23.1 Å². The molecule has 0 bridgehead atoms. The molecule has 0 heterocycles. The number of hydrogen-bond donors (Lipinski definition) is 1. The van der Waals surface area contributed by atoms with Crippen molar-refractivity contribution in [1.82, 2.24) is 10.2 Å². The SMILES string of the molecule is CCc1ccccc1N(CC(=O)N(Cc1ccccc1F)C(Cc1ccccc1)C(=O)NC1CCCCC1)S(=O)(=O)c1ccc(C)cc1. The second-order valence-electron chi connectivity index (χ2n) is 12.5. The highest BCUT2D eigenvalue weighted by atomic mass is 32.2. The predicted molar refractivity (Wildman–Crippen MR) is 187 cm³/mol. The first-order valence-electron chi connectivity index (χ1n) is 16.7. The molecule has 9 heteroatoms. The Morgan fingerprint density at radius 1 is 0.833 bits per heavy atom. The normalized spacial score (nSPS) is 14.2. The minimum Gasteiger partial charge on any atom is -0.352 e. The van der Waals surface area contributed by atoms with E-state index in [2.05, 4.69) is 5.32 Å². The van der Waals surface area contributed by atoms with Crippen molar-refractivity contribution in [3.63, 3.8) is 0 Å². The predicted octanol–water partition coefficient (Wildman–Crippen LogP) is 6.98. The molecule has 0 saturated heterocycles. The number of aryl methyl sites for hydroxylation is 2.